The van der Waals surface area contributed by atoms with Crippen LogP contribution in [0.1, 0.15) is 46.7 Å². The molecular weight excluding hydrogens is 544 g/mol. The highest BCUT2D eigenvalue weighted by Crippen LogP contribution is 2.44. The van der Waals surface area contributed by atoms with Crippen molar-refractivity contribution in [3.05, 3.63) is 98.2 Å². The molecule has 1 atom stereocenters. The number of benzene rings is 3. The van der Waals surface area contributed by atoms with Crippen LogP contribution in [0.5, 0.6) is 0 Å². The summed E-state index contributed by atoms with van der Waals surface area (Å²) in [6.07, 6.45) is 2.84. The van der Waals surface area contributed by atoms with E-state index in [0.717, 1.165) is 62.3 Å². The average Bonchev–Trinajstić information content (AvgIpc) is 3.25. The molecule has 0 saturated carbocycles. The molecule has 0 aliphatic carbocycles. The molecule has 1 unspecified atom stereocenters. The van der Waals surface area contributed by atoms with E-state index < -0.39 is 0 Å². The Morgan fingerprint density at radius 1 is 1.05 bits per heavy atom. The third kappa shape index (κ3) is 5.81. The van der Waals surface area contributed by atoms with Gasteiger partial charge in [0.15, 0.2) is 0 Å². The molecule has 1 N–H and O–H groups in total. The van der Waals surface area contributed by atoms with E-state index in [2.05, 4.69) is 10.2 Å². The summed E-state index contributed by atoms with van der Waals surface area (Å²) in [7, 11) is 1.82. The van der Waals surface area contributed by atoms with Crippen LogP contribution in [0.2, 0.25) is 15.1 Å². The predicted molar refractivity (Wildman–Crippen MR) is 154 cm³/mol. The van der Waals surface area contributed by atoms with Crippen molar-refractivity contribution in [1.29, 1.82) is 0 Å². The number of piperidine rings is 1. The van der Waals surface area contributed by atoms with Crippen LogP contribution in [-0.2, 0) is 5.41 Å². The van der Waals surface area contributed by atoms with E-state index in [1.54, 1.807) is 35.2 Å². The van der Waals surface area contributed by atoms with E-state index in [0.29, 0.717) is 27.2 Å². The highest BCUT2D eigenvalue weighted by Gasteiger charge is 2.41. The minimum Gasteiger partial charge on any atom is -0.384 e. The molecule has 0 radical (unpaired) electrons. The summed E-state index contributed by atoms with van der Waals surface area (Å²) in [6.45, 7) is 4.19. The number of nitrogens with zero attached hydrogens (tertiary/aromatic N) is 2. The van der Waals surface area contributed by atoms with E-state index >= 15 is 0 Å². The molecule has 5 rings (SSSR count). The second-order valence-electron chi connectivity index (χ2n) is 10.5. The van der Waals surface area contributed by atoms with Gasteiger partial charge in [0.25, 0.3) is 5.91 Å². The Kier molecular flexibility index (Phi) is 8.20. The number of fused-ring (bicyclic) bond motifs is 2. The molecule has 3 aromatic carbocycles. The van der Waals surface area contributed by atoms with E-state index in [1.165, 1.54) is 6.07 Å². The zero-order valence-electron chi connectivity index (χ0n) is 21.3. The lowest BCUT2D eigenvalue weighted by Gasteiger charge is -2.40. The molecule has 8 heteroatoms. The van der Waals surface area contributed by atoms with E-state index in [9.17, 15) is 9.18 Å². The fraction of sp³-hybridized carbons (Fsp3) is 0.367. The van der Waals surface area contributed by atoms with Crippen molar-refractivity contribution in [1.82, 2.24) is 9.80 Å². The first-order chi connectivity index (χ1) is 18.2. The van der Waals surface area contributed by atoms with Gasteiger partial charge < -0.3 is 15.1 Å². The van der Waals surface area contributed by atoms with Crippen molar-refractivity contribution >= 4 is 46.4 Å². The molecule has 1 saturated heterocycles. The Morgan fingerprint density at radius 2 is 1.84 bits per heavy atom. The smallest absolute Gasteiger partial charge is 0.253 e. The highest BCUT2D eigenvalue weighted by atomic mass is 35.5. The summed E-state index contributed by atoms with van der Waals surface area (Å²) in [5.41, 5.74) is 3.80. The predicted octanol–water partition coefficient (Wildman–Crippen LogP) is 7.49. The largest absolute Gasteiger partial charge is 0.384 e. The van der Waals surface area contributed by atoms with Crippen molar-refractivity contribution in [2.75, 3.05) is 45.1 Å². The topological polar surface area (TPSA) is 35.6 Å². The van der Waals surface area contributed by atoms with Crippen LogP contribution < -0.4 is 5.32 Å². The van der Waals surface area contributed by atoms with E-state index in [1.807, 2.05) is 31.3 Å². The number of likely N-dealkylation sites (N-methyl/N-ethyl adjacent to an activating group) is 1. The zero-order valence-corrected chi connectivity index (χ0v) is 23.6. The lowest BCUT2D eigenvalue weighted by atomic mass is 9.74. The van der Waals surface area contributed by atoms with Crippen molar-refractivity contribution in [2.45, 2.75) is 30.6 Å². The summed E-state index contributed by atoms with van der Waals surface area (Å²) in [4.78, 5) is 17.4. The van der Waals surface area contributed by atoms with Gasteiger partial charge in [0.1, 0.15) is 5.82 Å². The minimum absolute atomic E-state index is 0.000629. The first-order valence-electron chi connectivity index (χ1n) is 13.0. The Bertz CT molecular complexity index is 1330. The summed E-state index contributed by atoms with van der Waals surface area (Å²) in [6, 6.07) is 17.8. The average molecular weight is 575 g/mol. The fourth-order valence-electron chi connectivity index (χ4n) is 5.84. The van der Waals surface area contributed by atoms with Crippen molar-refractivity contribution in [3.63, 3.8) is 0 Å². The number of likely N-dealkylation sites (tertiary alicyclic amines) is 1. The Hall–Kier alpha value is -2.31. The van der Waals surface area contributed by atoms with Crippen molar-refractivity contribution < 1.29 is 9.18 Å². The lowest BCUT2D eigenvalue weighted by Crippen LogP contribution is -2.44. The maximum atomic E-state index is 14.0. The minimum atomic E-state index is -0.171. The Morgan fingerprint density at radius 3 is 2.58 bits per heavy atom. The second kappa shape index (κ2) is 11.4. The van der Waals surface area contributed by atoms with Gasteiger partial charge in [-0.15, -0.1) is 0 Å². The van der Waals surface area contributed by atoms with Gasteiger partial charge in [-0.1, -0.05) is 46.9 Å². The molecule has 2 aliphatic heterocycles. The van der Waals surface area contributed by atoms with Gasteiger partial charge in [-0.05, 0) is 98.6 Å². The van der Waals surface area contributed by atoms with Crippen LogP contribution in [0.3, 0.4) is 0 Å². The molecule has 0 aromatic heterocycles. The number of hydrogen-bond donors (Lipinski definition) is 1. The van der Waals surface area contributed by atoms with Crippen LogP contribution in [0.15, 0.2) is 60.7 Å². The zero-order chi connectivity index (χ0) is 26.9. The van der Waals surface area contributed by atoms with Crippen LogP contribution in [0.25, 0.3) is 0 Å². The number of hydrogen-bond acceptors (Lipinski definition) is 3. The first-order valence-corrected chi connectivity index (χ1v) is 14.1. The number of carbonyl (C=O) groups excluding carboxylic acids is 1. The summed E-state index contributed by atoms with van der Waals surface area (Å²) in [5, 5.41) is 5.04. The molecule has 1 fully saturated rings. The number of halogens is 4. The molecule has 1 spiro atoms. The van der Waals surface area contributed by atoms with Crippen molar-refractivity contribution in [3.8, 4) is 0 Å². The standard InChI is InChI=1S/C30H31Cl3FN3O/c1-36(29(38)21-3-2-4-23(31)15-21)18-22(20-5-7-26(32)27(33)16-20)9-12-37-13-10-30(11-14-37)19-35-28-8-6-24(34)17-25(28)30/h2-8,15-17,22,35H,9-14,18-19H2,1H3. The molecule has 2 aliphatic rings. The number of rotatable bonds is 7. The number of carbonyl (C=O) groups is 1. The second-order valence-corrected chi connectivity index (χ2v) is 11.8. The van der Waals surface area contributed by atoms with Gasteiger partial charge in [-0.2, -0.15) is 0 Å². The Balaban J connectivity index is 1.26. The molecule has 4 nitrogen and oxygen atoms in total. The van der Waals surface area contributed by atoms with Crippen LogP contribution in [-0.4, -0.2) is 55.5 Å². The molecule has 200 valence electrons. The number of amides is 1. The maximum Gasteiger partial charge on any atom is 0.253 e. The van der Waals surface area contributed by atoms with Crippen molar-refractivity contribution in [2.24, 2.45) is 0 Å². The maximum absolute atomic E-state index is 14.0. The first kappa shape index (κ1) is 27.3. The molecule has 2 heterocycles. The number of anilines is 1. The van der Waals surface area contributed by atoms with Gasteiger partial charge in [-0.25, -0.2) is 4.39 Å². The Labute approximate surface area is 238 Å². The SMILES string of the molecule is CN(CC(CCN1CCC2(CC1)CNc1ccc(F)cc12)c1ccc(Cl)c(Cl)c1)C(=O)c1cccc(Cl)c1. The van der Waals surface area contributed by atoms with Crippen LogP contribution in [0.4, 0.5) is 10.1 Å². The molecular formula is C30H31Cl3FN3O. The quantitative estimate of drug-likeness (QED) is 0.318. The van der Waals surface area contributed by atoms with Gasteiger partial charge >= 0.3 is 0 Å². The lowest BCUT2D eigenvalue weighted by molar-refractivity contribution is 0.0780. The van der Waals surface area contributed by atoms with Gasteiger partial charge in [0, 0.05) is 47.7 Å². The molecule has 3 aromatic rings. The van der Waals surface area contributed by atoms with Gasteiger partial charge in [0.05, 0.1) is 10.0 Å². The highest BCUT2D eigenvalue weighted by molar-refractivity contribution is 6.42. The normalized spacial score (nSPS) is 17.2. The summed E-state index contributed by atoms with van der Waals surface area (Å²) >= 11 is 18.7. The summed E-state index contributed by atoms with van der Waals surface area (Å²) < 4.78 is 14.0. The molecule has 38 heavy (non-hydrogen) atoms. The fourth-order valence-corrected chi connectivity index (χ4v) is 6.34. The third-order valence-electron chi connectivity index (χ3n) is 8.10. The number of nitrogens with one attached hydrogen (secondary N) is 1. The third-order valence-corrected chi connectivity index (χ3v) is 9.08. The monoisotopic (exact) mass is 573 g/mol. The van der Waals surface area contributed by atoms with E-state index in [4.69, 9.17) is 34.8 Å². The van der Waals surface area contributed by atoms with Gasteiger partial charge in [-0.3, -0.25) is 4.79 Å². The van der Waals surface area contributed by atoms with Gasteiger partial charge in [0.2, 0.25) is 0 Å². The summed E-state index contributed by atoms with van der Waals surface area (Å²) in [5.74, 6) is -0.163. The molecule has 1 amide bonds. The van der Waals surface area contributed by atoms with E-state index in [-0.39, 0.29) is 23.1 Å². The molecule has 0 bridgehead atoms. The van der Waals surface area contributed by atoms with Crippen LogP contribution >= 0.6 is 34.8 Å². The van der Waals surface area contributed by atoms with Crippen LogP contribution in [0, 0.1) is 5.82 Å².